The van der Waals surface area contributed by atoms with Crippen LogP contribution >= 0.6 is 0 Å². The zero-order valence-corrected chi connectivity index (χ0v) is 73.0. The van der Waals surface area contributed by atoms with Crippen LogP contribution in [0.5, 0.6) is 86.2 Å². The molecule has 0 saturated carbocycles. The first-order valence-electron chi connectivity index (χ1n) is 43.7. The molecule has 16 aromatic carbocycles. The van der Waals surface area contributed by atoms with Gasteiger partial charge in [-0.15, -0.1) is 0 Å². The third-order valence-corrected chi connectivity index (χ3v) is 21.1. The highest BCUT2D eigenvalue weighted by Crippen LogP contribution is 2.36. The quantitative estimate of drug-likeness (QED) is 0.0364. The van der Waals surface area contributed by atoms with Gasteiger partial charge in [-0.25, -0.2) is 0 Å². The van der Waals surface area contributed by atoms with Gasteiger partial charge in [0.1, 0.15) is 191 Å². The number of rotatable bonds is 48. The van der Waals surface area contributed by atoms with Gasteiger partial charge >= 0.3 is 5.97 Å². The number of carbonyl (C=O) groups is 1. The monoisotopic (exact) mass is 1760 g/mol. The van der Waals surface area contributed by atoms with Gasteiger partial charge in [0, 0.05) is 42.5 Å². The molecule has 16 aromatic rings. The molecular weight excluding hydrogens is 1660 g/mol. The summed E-state index contributed by atoms with van der Waals surface area (Å²) in [6, 6.07) is 127. The highest BCUT2D eigenvalue weighted by Gasteiger charge is 2.19. The maximum absolute atomic E-state index is 11.8. The zero-order valence-electron chi connectivity index (χ0n) is 73.0. The summed E-state index contributed by atoms with van der Waals surface area (Å²) in [4.78, 5) is 11.8. The van der Waals surface area contributed by atoms with Crippen LogP contribution in [0.1, 0.15) is 89.0 Å². The van der Waals surface area contributed by atoms with Crippen LogP contribution in [0.15, 0.2) is 394 Å². The maximum atomic E-state index is 11.8. The second kappa shape index (κ2) is 46.6. The predicted molar refractivity (Wildman–Crippen MR) is 507 cm³/mol. The van der Waals surface area contributed by atoms with Crippen LogP contribution in [-0.4, -0.2) is 17.1 Å². The molecule has 18 nitrogen and oxygen atoms in total. The average Bonchev–Trinajstić information content (AvgIpc) is 0.843. The number of nitrogens with two attached hydrogens (primary N) is 1. The molecule has 18 heteroatoms. The topological polar surface area (TPSA) is 202 Å². The minimum absolute atomic E-state index is 0.0311. The number of carboxylic acid groups (broad SMARTS) is 1. The van der Waals surface area contributed by atoms with E-state index in [2.05, 4.69) is 0 Å². The Hall–Kier alpha value is -16.1. The number of benzene rings is 16. The van der Waals surface area contributed by atoms with Gasteiger partial charge in [0.15, 0.2) is 0 Å². The van der Waals surface area contributed by atoms with E-state index in [1.807, 2.05) is 382 Å². The molecule has 0 aliphatic carbocycles. The van der Waals surface area contributed by atoms with Gasteiger partial charge in [-0.1, -0.05) is 255 Å². The van der Waals surface area contributed by atoms with Crippen LogP contribution in [0.2, 0.25) is 0 Å². The van der Waals surface area contributed by atoms with Crippen LogP contribution in [-0.2, 0) is 110 Å². The molecule has 0 radical (unpaired) electrons. The molecule has 0 aliphatic rings. The number of carboxylic acids is 1. The first kappa shape index (κ1) is 89.3. The van der Waals surface area contributed by atoms with E-state index in [4.69, 9.17) is 76.8 Å². The van der Waals surface area contributed by atoms with Gasteiger partial charge in [-0.2, -0.15) is 0 Å². The number of aliphatic carboxylic acids is 1. The molecule has 0 bridgehead atoms. The highest BCUT2D eigenvalue weighted by atomic mass is 16.5. The van der Waals surface area contributed by atoms with Gasteiger partial charge in [0.25, 0.3) is 0 Å². The smallest absolute Gasteiger partial charge is 0.320 e. The molecule has 0 amide bonds. The van der Waals surface area contributed by atoms with E-state index in [1.54, 1.807) is 12.1 Å². The van der Waals surface area contributed by atoms with Crippen molar-refractivity contribution in [3.63, 3.8) is 0 Å². The SMILES string of the molecule is N[C@@H](Cc1ccc(OCc2cc(OCc3cc(OCc4cc(OCc5ccccc5)cc(OCc5ccccc5)c4)cc(OCc4cc(OCc5ccccc5)cc(OCc5ccccc5)c4)c3)cc(OCc3cc(OCc4cc(OCc5ccccc5)cc(OCc5ccccc5)c4)cc(OCc4cc(OCc5ccccc5)cc(OCc5ccccc5)c4)c3)c2)cc1)C(=O)O. The van der Waals surface area contributed by atoms with Crippen molar-refractivity contribution in [3.05, 3.63) is 483 Å². The second-order valence-electron chi connectivity index (χ2n) is 31.7. The minimum Gasteiger partial charge on any atom is -0.489 e. The highest BCUT2D eigenvalue weighted by molar-refractivity contribution is 5.73. The van der Waals surface area contributed by atoms with Gasteiger partial charge in [-0.05, 0) is 192 Å². The van der Waals surface area contributed by atoms with Gasteiger partial charge in [-0.3, -0.25) is 4.79 Å². The summed E-state index contributed by atoms with van der Waals surface area (Å²) >= 11 is 0. The molecule has 0 aromatic heterocycles. The summed E-state index contributed by atoms with van der Waals surface area (Å²) in [6.45, 7) is 3.37. The van der Waals surface area contributed by atoms with Crippen molar-refractivity contribution in [1.82, 2.24) is 0 Å². The Morgan fingerprint density at radius 1 is 0.167 bits per heavy atom. The fourth-order valence-electron chi connectivity index (χ4n) is 14.3. The van der Waals surface area contributed by atoms with E-state index in [-0.39, 0.29) is 52.7 Å². The fourth-order valence-corrected chi connectivity index (χ4v) is 14.3. The minimum atomic E-state index is -1.09. The van der Waals surface area contributed by atoms with E-state index in [0.717, 1.165) is 72.3 Å². The second-order valence-corrected chi connectivity index (χ2v) is 31.7. The zero-order chi connectivity index (χ0) is 89.9. The lowest BCUT2D eigenvalue weighted by Gasteiger charge is -2.17. The van der Waals surface area contributed by atoms with Crippen molar-refractivity contribution in [1.29, 1.82) is 0 Å². The Balaban J connectivity index is 0.708. The van der Waals surface area contributed by atoms with Crippen molar-refractivity contribution in [3.8, 4) is 86.2 Å². The summed E-state index contributed by atoms with van der Waals surface area (Å²) < 4.78 is 99.3. The third-order valence-electron chi connectivity index (χ3n) is 21.1. The molecule has 132 heavy (non-hydrogen) atoms. The lowest BCUT2D eigenvalue weighted by atomic mass is 10.1. The standard InChI is InChI=1S/C114H101NO17/c115-113(114(116)117)59-82-41-43-98(44-42-82)118-75-91-45-107(127-80-96-55-109(129-76-92-47-99(119-67-83-25-9-1-10-26-83)60-100(48-92)120-68-84-27-11-2-12-28-84)65-110(56-96)130-77-93-49-101(121-69-85-29-13-3-14-30-85)61-102(50-93)122-70-86-31-15-4-16-32-86)64-108(46-91)128-81-97-57-111(131-78-94-51-103(123-71-87-33-17-5-18-34-87)62-104(52-94)124-72-88-35-19-6-20-36-88)66-112(58-97)132-79-95-53-105(125-73-89-37-21-7-22-38-89)63-106(54-95)126-74-90-39-23-8-24-40-90/h1-58,60-66,113H,59,67-81,115H2,(H,116,117)/t113-/m0/s1. The Morgan fingerprint density at radius 2 is 0.295 bits per heavy atom. The molecule has 0 heterocycles. The van der Waals surface area contributed by atoms with Crippen LogP contribution < -0.4 is 76.8 Å². The van der Waals surface area contributed by atoms with Crippen LogP contribution in [0.25, 0.3) is 0 Å². The van der Waals surface area contributed by atoms with Crippen molar-refractivity contribution < 1.29 is 81.0 Å². The van der Waals surface area contributed by atoms with E-state index in [0.29, 0.717) is 156 Å². The van der Waals surface area contributed by atoms with Crippen molar-refractivity contribution in [2.45, 2.75) is 112 Å². The molecular formula is C114H101NO17. The van der Waals surface area contributed by atoms with E-state index in [1.165, 1.54) is 0 Å². The lowest BCUT2D eigenvalue weighted by Crippen LogP contribution is -2.32. The van der Waals surface area contributed by atoms with E-state index >= 15 is 0 Å². The van der Waals surface area contributed by atoms with Gasteiger partial charge in [0.05, 0.1) is 0 Å². The average molecular weight is 1760 g/mol. The maximum Gasteiger partial charge on any atom is 0.320 e. The fraction of sp³-hybridized carbons (Fsp3) is 0.149. The Bertz CT molecular complexity index is 5400. The predicted octanol–water partition coefficient (Wildman–Crippen LogP) is 24.3. The third kappa shape index (κ3) is 28.7. The molecule has 0 saturated heterocycles. The Kier molecular flexibility index (Phi) is 31.5. The Labute approximate surface area is 769 Å². The van der Waals surface area contributed by atoms with Crippen molar-refractivity contribution in [2.75, 3.05) is 0 Å². The largest absolute Gasteiger partial charge is 0.489 e. The molecule has 0 aliphatic heterocycles. The van der Waals surface area contributed by atoms with E-state index in [9.17, 15) is 9.90 Å². The molecule has 0 unspecified atom stereocenters. The van der Waals surface area contributed by atoms with Crippen LogP contribution in [0.3, 0.4) is 0 Å². The van der Waals surface area contributed by atoms with Crippen LogP contribution in [0.4, 0.5) is 0 Å². The Morgan fingerprint density at radius 3 is 0.432 bits per heavy atom. The summed E-state index contributed by atoms with van der Waals surface area (Å²) in [7, 11) is 0. The van der Waals surface area contributed by atoms with Gasteiger partial charge in [0.2, 0.25) is 0 Å². The summed E-state index contributed by atoms with van der Waals surface area (Å²) in [6.07, 6.45) is 0.145. The first-order valence-corrected chi connectivity index (χ1v) is 43.7. The summed E-state index contributed by atoms with van der Waals surface area (Å²) in [5.41, 5.74) is 20.2. The normalized spacial score (nSPS) is 11.1. The van der Waals surface area contributed by atoms with Crippen molar-refractivity contribution >= 4 is 5.97 Å². The van der Waals surface area contributed by atoms with Crippen LogP contribution in [0, 0.1) is 0 Å². The van der Waals surface area contributed by atoms with Gasteiger partial charge < -0.3 is 81.9 Å². The van der Waals surface area contributed by atoms with E-state index < -0.39 is 12.0 Å². The summed E-state index contributed by atoms with van der Waals surface area (Å²) in [5.74, 6) is 7.25. The number of hydrogen-bond acceptors (Lipinski definition) is 17. The molecule has 0 spiro atoms. The molecule has 1 atom stereocenters. The molecule has 3 N–H and O–H groups in total. The number of ether oxygens (including phenoxy) is 15. The lowest BCUT2D eigenvalue weighted by molar-refractivity contribution is -0.138. The number of hydrogen-bond donors (Lipinski definition) is 2. The first-order chi connectivity index (χ1) is 64.9. The summed E-state index contributed by atoms with van der Waals surface area (Å²) in [5, 5.41) is 9.62. The molecule has 16 rings (SSSR count). The van der Waals surface area contributed by atoms with Crippen molar-refractivity contribution in [2.24, 2.45) is 5.73 Å². The molecule has 664 valence electrons. The molecule has 0 fully saturated rings.